The number of hydrogen-bond donors (Lipinski definition) is 1. The Morgan fingerprint density at radius 1 is 1.56 bits per heavy atom. The molecule has 0 bridgehead atoms. The van der Waals surface area contributed by atoms with Gasteiger partial charge in [-0.15, -0.1) is 0 Å². The number of nitrogens with zero attached hydrogens (tertiary/aromatic N) is 1. The second kappa shape index (κ2) is 4.57. The van der Waals surface area contributed by atoms with Crippen molar-refractivity contribution < 1.29 is 13.9 Å². The van der Waals surface area contributed by atoms with Gasteiger partial charge in [-0.3, -0.25) is 0 Å². The maximum absolute atomic E-state index is 13.3. The van der Waals surface area contributed by atoms with Crippen molar-refractivity contribution in [1.29, 1.82) is 0 Å². The second-order valence-electron chi connectivity index (χ2n) is 5.39. The van der Waals surface area contributed by atoms with E-state index in [0.717, 1.165) is 0 Å². The number of amides is 1. The molecule has 1 aliphatic heterocycles. The van der Waals surface area contributed by atoms with E-state index in [1.54, 1.807) is 27.7 Å². The van der Waals surface area contributed by atoms with Crippen LogP contribution in [0.1, 0.15) is 34.1 Å². The van der Waals surface area contributed by atoms with Gasteiger partial charge in [0, 0.05) is 12.5 Å². The number of nitrogens with two attached hydrogens (primary N) is 1. The molecule has 0 aromatic rings. The summed E-state index contributed by atoms with van der Waals surface area (Å²) in [6.07, 6.45) is -1.17. The van der Waals surface area contributed by atoms with Gasteiger partial charge in [0.15, 0.2) is 0 Å². The fourth-order valence-corrected chi connectivity index (χ4v) is 1.84. The number of hydrogen-bond acceptors (Lipinski definition) is 3. The first kappa shape index (κ1) is 13.2. The molecule has 0 aromatic carbocycles. The van der Waals surface area contributed by atoms with Crippen molar-refractivity contribution in [2.75, 3.05) is 6.54 Å². The zero-order chi connectivity index (χ0) is 12.5. The summed E-state index contributed by atoms with van der Waals surface area (Å²) in [5.74, 6) is 0. The van der Waals surface area contributed by atoms with Crippen molar-refractivity contribution in [2.24, 2.45) is 5.73 Å². The van der Waals surface area contributed by atoms with E-state index in [1.807, 2.05) is 0 Å². The smallest absolute Gasteiger partial charge is 0.410 e. The summed E-state index contributed by atoms with van der Waals surface area (Å²) in [4.78, 5) is 13.2. The first-order chi connectivity index (χ1) is 7.20. The van der Waals surface area contributed by atoms with Crippen molar-refractivity contribution >= 4 is 6.09 Å². The number of alkyl halides is 1. The maximum atomic E-state index is 13.3. The van der Waals surface area contributed by atoms with E-state index >= 15 is 0 Å². The molecular weight excluding hydrogens is 211 g/mol. The third-order valence-electron chi connectivity index (χ3n) is 2.53. The van der Waals surface area contributed by atoms with E-state index in [9.17, 15) is 9.18 Å². The van der Waals surface area contributed by atoms with Crippen LogP contribution in [0.5, 0.6) is 0 Å². The Morgan fingerprint density at radius 2 is 2.12 bits per heavy atom. The monoisotopic (exact) mass is 232 g/mol. The molecule has 16 heavy (non-hydrogen) atoms. The number of halogens is 1. The zero-order valence-electron chi connectivity index (χ0n) is 10.4. The molecule has 1 fully saturated rings. The summed E-state index contributed by atoms with van der Waals surface area (Å²) < 4.78 is 18.5. The first-order valence-electron chi connectivity index (χ1n) is 5.60. The van der Waals surface area contributed by atoms with Crippen LogP contribution in [0.2, 0.25) is 0 Å². The van der Waals surface area contributed by atoms with E-state index < -0.39 is 17.9 Å². The Morgan fingerprint density at radius 3 is 2.56 bits per heavy atom. The molecule has 0 aliphatic carbocycles. The Balaban J connectivity index is 2.67. The van der Waals surface area contributed by atoms with E-state index in [2.05, 4.69) is 0 Å². The van der Waals surface area contributed by atoms with E-state index in [-0.39, 0.29) is 18.6 Å². The largest absolute Gasteiger partial charge is 0.444 e. The van der Waals surface area contributed by atoms with Gasteiger partial charge in [0.25, 0.3) is 0 Å². The summed E-state index contributed by atoms with van der Waals surface area (Å²) in [6.45, 7) is 7.22. The van der Waals surface area contributed by atoms with Gasteiger partial charge in [-0.25, -0.2) is 9.18 Å². The maximum Gasteiger partial charge on any atom is 0.410 e. The average molecular weight is 232 g/mol. The topological polar surface area (TPSA) is 55.6 Å². The van der Waals surface area contributed by atoms with Gasteiger partial charge in [-0.2, -0.15) is 0 Å². The fourth-order valence-electron chi connectivity index (χ4n) is 1.84. The zero-order valence-corrected chi connectivity index (χ0v) is 10.4. The highest BCUT2D eigenvalue weighted by Gasteiger charge is 2.39. The molecule has 3 atom stereocenters. The van der Waals surface area contributed by atoms with Gasteiger partial charge in [-0.05, 0) is 27.7 Å². The Kier molecular flexibility index (Phi) is 3.78. The molecule has 0 unspecified atom stereocenters. The minimum atomic E-state index is -0.997. The number of likely N-dealkylation sites (tertiary alicyclic amines) is 1. The highest BCUT2D eigenvalue weighted by molar-refractivity contribution is 5.69. The lowest BCUT2D eigenvalue weighted by molar-refractivity contribution is 0.0203. The lowest BCUT2D eigenvalue weighted by Gasteiger charge is -2.29. The summed E-state index contributed by atoms with van der Waals surface area (Å²) in [5.41, 5.74) is 5.17. The molecule has 1 amide bonds. The van der Waals surface area contributed by atoms with Crippen LogP contribution in [0.25, 0.3) is 0 Å². The van der Waals surface area contributed by atoms with Crippen LogP contribution >= 0.6 is 0 Å². The molecule has 1 rings (SSSR count). The molecule has 5 heteroatoms. The van der Waals surface area contributed by atoms with Crippen molar-refractivity contribution in [3.8, 4) is 0 Å². The average Bonchev–Trinajstić information content (AvgIpc) is 2.44. The summed E-state index contributed by atoms with van der Waals surface area (Å²) in [7, 11) is 0. The van der Waals surface area contributed by atoms with Crippen LogP contribution in [0, 0.1) is 0 Å². The van der Waals surface area contributed by atoms with Gasteiger partial charge in [0.1, 0.15) is 11.8 Å². The first-order valence-corrected chi connectivity index (χ1v) is 5.60. The summed E-state index contributed by atoms with van der Waals surface area (Å²) in [6, 6.07) is -0.502. The molecule has 4 nitrogen and oxygen atoms in total. The van der Waals surface area contributed by atoms with E-state index in [1.165, 1.54) is 4.90 Å². The Bertz CT molecular complexity index is 263. The molecule has 94 valence electrons. The molecule has 0 saturated carbocycles. The quantitative estimate of drug-likeness (QED) is 0.748. The van der Waals surface area contributed by atoms with Crippen LogP contribution < -0.4 is 5.73 Å². The van der Waals surface area contributed by atoms with E-state index in [4.69, 9.17) is 10.5 Å². The van der Waals surface area contributed by atoms with Crippen molar-refractivity contribution in [1.82, 2.24) is 4.90 Å². The SMILES string of the molecule is C[C@H](N)[C@@H]1C[C@@H](F)CN1C(=O)OC(C)(C)C. The van der Waals surface area contributed by atoms with Crippen LogP contribution in [0.4, 0.5) is 9.18 Å². The highest BCUT2D eigenvalue weighted by atomic mass is 19.1. The minimum absolute atomic E-state index is 0.0844. The van der Waals surface area contributed by atoms with Gasteiger partial charge in [0.2, 0.25) is 0 Å². The number of ether oxygens (including phenoxy) is 1. The number of carbonyl (C=O) groups excluding carboxylic acids is 1. The lowest BCUT2D eigenvalue weighted by atomic mass is 10.1. The predicted octanol–water partition coefficient (Wildman–Crippen LogP) is 1.68. The van der Waals surface area contributed by atoms with Gasteiger partial charge in [0.05, 0.1) is 12.6 Å². The number of rotatable bonds is 1. The van der Waals surface area contributed by atoms with Crippen molar-refractivity contribution in [2.45, 2.75) is 58.0 Å². The fraction of sp³-hybridized carbons (Fsp3) is 0.909. The van der Waals surface area contributed by atoms with Crippen molar-refractivity contribution in [3.63, 3.8) is 0 Å². The van der Waals surface area contributed by atoms with Crippen LogP contribution in [-0.4, -0.2) is 41.4 Å². The lowest BCUT2D eigenvalue weighted by Crippen LogP contribution is -2.47. The van der Waals surface area contributed by atoms with E-state index in [0.29, 0.717) is 6.42 Å². The molecule has 1 heterocycles. The molecule has 0 spiro atoms. The normalized spacial score (nSPS) is 28.0. The Hall–Kier alpha value is -0.840. The van der Waals surface area contributed by atoms with Gasteiger partial charge >= 0.3 is 6.09 Å². The second-order valence-corrected chi connectivity index (χ2v) is 5.39. The molecule has 1 saturated heterocycles. The van der Waals surface area contributed by atoms with Crippen LogP contribution in [0.15, 0.2) is 0 Å². The minimum Gasteiger partial charge on any atom is -0.444 e. The van der Waals surface area contributed by atoms with Crippen LogP contribution in [-0.2, 0) is 4.74 Å². The Labute approximate surface area is 95.9 Å². The molecule has 0 radical (unpaired) electrons. The molecular formula is C11H21FN2O2. The van der Waals surface area contributed by atoms with Gasteiger partial charge < -0.3 is 15.4 Å². The summed E-state index contributed by atoms with van der Waals surface area (Å²) in [5, 5.41) is 0. The predicted molar refractivity (Wildman–Crippen MR) is 59.9 cm³/mol. The van der Waals surface area contributed by atoms with Crippen LogP contribution in [0.3, 0.4) is 0 Å². The molecule has 1 aliphatic rings. The highest BCUT2D eigenvalue weighted by Crippen LogP contribution is 2.24. The number of carbonyl (C=O) groups is 1. The summed E-state index contributed by atoms with van der Waals surface area (Å²) >= 11 is 0. The standard InChI is InChI=1S/C11H21FN2O2/c1-7(13)9-5-8(12)6-14(9)10(15)16-11(2,3)4/h7-9H,5-6,13H2,1-4H3/t7-,8+,9-/m0/s1. The molecule has 0 aromatic heterocycles. The third-order valence-corrected chi connectivity index (χ3v) is 2.53. The molecule has 2 N–H and O–H groups in total. The van der Waals surface area contributed by atoms with Gasteiger partial charge in [-0.1, -0.05) is 0 Å². The third kappa shape index (κ3) is 3.33. The van der Waals surface area contributed by atoms with Crippen molar-refractivity contribution in [3.05, 3.63) is 0 Å².